The smallest absolute Gasteiger partial charge is 0.159 e. The lowest BCUT2D eigenvalue weighted by Gasteiger charge is -2.03. The summed E-state index contributed by atoms with van der Waals surface area (Å²) in [5.74, 6) is 4.23. The van der Waals surface area contributed by atoms with Crippen LogP contribution in [0.25, 0.3) is 10.8 Å². The van der Waals surface area contributed by atoms with Crippen molar-refractivity contribution in [3.63, 3.8) is 0 Å². The van der Waals surface area contributed by atoms with Gasteiger partial charge in [-0.1, -0.05) is 30.9 Å². The van der Waals surface area contributed by atoms with E-state index in [-0.39, 0.29) is 5.56 Å². The van der Waals surface area contributed by atoms with Crippen molar-refractivity contribution in [1.82, 2.24) is 9.97 Å². The molecule has 0 fully saturated rings. The van der Waals surface area contributed by atoms with Gasteiger partial charge in [-0.15, -0.1) is 0 Å². The van der Waals surface area contributed by atoms with E-state index in [4.69, 9.17) is 0 Å². The third kappa shape index (κ3) is 4.92. The molecule has 4 aromatic rings. The van der Waals surface area contributed by atoms with E-state index < -0.39 is 17.5 Å². The highest BCUT2D eigenvalue weighted by atomic mass is 19.2. The maximum Gasteiger partial charge on any atom is 0.159 e. The van der Waals surface area contributed by atoms with E-state index in [9.17, 15) is 13.2 Å². The lowest BCUT2D eigenvalue weighted by atomic mass is 10.0. The van der Waals surface area contributed by atoms with Crippen molar-refractivity contribution in [2.45, 2.75) is 26.2 Å². The Bertz CT molecular complexity index is 1300. The molecule has 0 spiro atoms. The quantitative estimate of drug-likeness (QED) is 0.393. The lowest BCUT2D eigenvalue weighted by molar-refractivity contribution is 0.511. The third-order valence-corrected chi connectivity index (χ3v) is 5.06. The Morgan fingerprint density at radius 2 is 1.45 bits per heavy atom. The maximum absolute atomic E-state index is 14.5. The predicted octanol–water partition coefficient (Wildman–Crippen LogP) is 5.79. The zero-order valence-corrected chi connectivity index (χ0v) is 16.9. The largest absolute Gasteiger partial charge is 0.241 e. The van der Waals surface area contributed by atoms with E-state index >= 15 is 0 Å². The molecule has 3 aromatic carbocycles. The van der Waals surface area contributed by atoms with Gasteiger partial charge in [0, 0.05) is 24.4 Å². The topological polar surface area (TPSA) is 25.8 Å². The van der Waals surface area contributed by atoms with Gasteiger partial charge in [0.1, 0.15) is 11.6 Å². The van der Waals surface area contributed by atoms with Gasteiger partial charge in [0.15, 0.2) is 11.6 Å². The maximum atomic E-state index is 14.5. The predicted molar refractivity (Wildman–Crippen MR) is 115 cm³/mol. The first-order chi connectivity index (χ1) is 15.0. The first-order valence-electron chi connectivity index (χ1n) is 10.0. The molecule has 4 rings (SSSR count). The molecule has 31 heavy (non-hydrogen) atoms. The standard InChI is InChI=1S/C26H19F3N2/c1-2-17-15-30-26(31-16-17)10-6-19-4-8-20(23(27)12-19)7-3-18-5-9-21-13-24(28)25(29)14-22(21)11-18/h4-5,8-9,11-16H,2,6,10H2,1H3. The van der Waals surface area contributed by atoms with E-state index in [1.807, 2.05) is 25.4 Å². The number of fused-ring (bicyclic) bond motifs is 1. The Kier molecular flexibility index (Phi) is 5.99. The lowest BCUT2D eigenvalue weighted by Crippen LogP contribution is -1.99. The molecular weight excluding hydrogens is 397 g/mol. The number of nitrogens with zero attached hydrogens (tertiary/aromatic N) is 2. The average Bonchev–Trinajstić information content (AvgIpc) is 2.78. The van der Waals surface area contributed by atoms with Crippen LogP contribution in [0.1, 0.15) is 35.0 Å². The van der Waals surface area contributed by atoms with E-state index in [1.54, 1.807) is 24.3 Å². The van der Waals surface area contributed by atoms with E-state index in [1.165, 1.54) is 6.07 Å². The Labute approximate surface area is 178 Å². The Morgan fingerprint density at radius 3 is 2.16 bits per heavy atom. The molecule has 0 bridgehead atoms. The van der Waals surface area contributed by atoms with Crippen LogP contribution in [-0.2, 0) is 19.3 Å². The molecule has 0 radical (unpaired) electrons. The minimum absolute atomic E-state index is 0.276. The number of aryl methyl sites for hydroxylation is 3. The Balaban J connectivity index is 1.48. The highest BCUT2D eigenvalue weighted by Crippen LogP contribution is 2.20. The summed E-state index contributed by atoms with van der Waals surface area (Å²) in [7, 11) is 0. The third-order valence-electron chi connectivity index (χ3n) is 5.06. The molecular formula is C26H19F3N2. The summed E-state index contributed by atoms with van der Waals surface area (Å²) in [6.45, 7) is 2.05. The number of hydrogen-bond donors (Lipinski definition) is 0. The molecule has 1 aromatic heterocycles. The summed E-state index contributed by atoms with van der Waals surface area (Å²) in [6, 6.07) is 12.2. The van der Waals surface area contributed by atoms with Crippen LogP contribution in [0.4, 0.5) is 13.2 Å². The minimum Gasteiger partial charge on any atom is -0.241 e. The van der Waals surface area contributed by atoms with Gasteiger partial charge in [-0.25, -0.2) is 23.1 Å². The zero-order chi connectivity index (χ0) is 21.8. The molecule has 0 unspecified atom stereocenters. The van der Waals surface area contributed by atoms with Crippen LogP contribution in [0.3, 0.4) is 0 Å². The van der Waals surface area contributed by atoms with Gasteiger partial charge in [0.2, 0.25) is 0 Å². The van der Waals surface area contributed by atoms with Crippen molar-refractivity contribution in [2.24, 2.45) is 0 Å². The number of hydrogen-bond acceptors (Lipinski definition) is 2. The summed E-state index contributed by atoms with van der Waals surface area (Å²) in [5, 5.41) is 1.11. The van der Waals surface area contributed by atoms with Gasteiger partial charge in [-0.05, 0) is 71.1 Å². The summed E-state index contributed by atoms with van der Waals surface area (Å²) in [4.78, 5) is 8.66. The highest BCUT2D eigenvalue weighted by molar-refractivity contribution is 5.84. The van der Waals surface area contributed by atoms with Crippen molar-refractivity contribution in [1.29, 1.82) is 0 Å². The molecule has 0 atom stereocenters. The van der Waals surface area contributed by atoms with Gasteiger partial charge in [0.25, 0.3) is 0 Å². The van der Waals surface area contributed by atoms with Gasteiger partial charge in [-0.2, -0.15) is 0 Å². The fourth-order valence-electron chi connectivity index (χ4n) is 3.22. The molecule has 2 nitrogen and oxygen atoms in total. The first-order valence-corrected chi connectivity index (χ1v) is 10.0. The van der Waals surface area contributed by atoms with Gasteiger partial charge >= 0.3 is 0 Å². The van der Waals surface area contributed by atoms with Crippen molar-refractivity contribution in [3.05, 3.63) is 106 Å². The molecule has 0 saturated heterocycles. The van der Waals surface area contributed by atoms with Crippen LogP contribution in [0, 0.1) is 29.3 Å². The van der Waals surface area contributed by atoms with E-state index in [2.05, 4.69) is 21.8 Å². The van der Waals surface area contributed by atoms with Crippen LogP contribution in [0.5, 0.6) is 0 Å². The second-order valence-corrected chi connectivity index (χ2v) is 7.25. The monoisotopic (exact) mass is 416 g/mol. The highest BCUT2D eigenvalue weighted by Gasteiger charge is 2.06. The van der Waals surface area contributed by atoms with Crippen LogP contribution >= 0.6 is 0 Å². The van der Waals surface area contributed by atoms with Crippen molar-refractivity contribution >= 4 is 10.8 Å². The fourth-order valence-corrected chi connectivity index (χ4v) is 3.22. The molecule has 0 N–H and O–H groups in total. The van der Waals surface area contributed by atoms with Crippen LogP contribution in [0.15, 0.2) is 60.9 Å². The summed E-state index contributed by atoms with van der Waals surface area (Å²) >= 11 is 0. The molecule has 5 heteroatoms. The Morgan fingerprint density at radius 1 is 0.710 bits per heavy atom. The average molecular weight is 416 g/mol. The molecule has 0 amide bonds. The van der Waals surface area contributed by atoms with Crippen molar-refractivity contribution in [2.75, 3.05) is 0 Å². The van der Waals surface area contributed by atoms with E-state index in [0.717, 1.165) is 35.5 Å². The first kappa shape index (κ1) is 20.6. The molecule has 154 valence electrons. The second-order valence-electron chi connectivity index (χ2n) is 7.25. The number of benzene rings is 3. The summed E-state index contributed by atoms with van der Waals surface area (Å²) in [5.41, 5.74) is 2.79. The second kappa shape index (κ2) is 9.01. The van der Waals surface area contributed by atoms with Crippen LogP contribution in [-0.4, -0.2) is 9.97 Å². The van der Waals surface area contributed by atoms with Crippen LogP contribution in [0.2, 0.25) is 0 Å². The SMILES string of the molecule is CCc1cnc(CCc2ccc(C#Cc3ccc4cc(F)c(F)cc4c3)c(F)c2)nc1. The van der Waals surface area contributed by atoms with E-state index in [0.29, 0.717) is 29.2 Å². The van der Waals surface area contributed by atoms with Gasteiger partial charge < -0.3 is 0 Å². The molecule has 1 heterocycles. The normalized spacial score (nSPS) is 10.7. The molecule has 0 aliphatic rings. The summed E-state index contributed by atoms with van der Waals surface area (Å²) in [6.07, 6.45) is 5.78. The molecule has 0 saturated carbocycles. The molecule has 0 aliphatic carbocycles. The number of rotatable bonds is 4. The number of aromatic nitrogens is 2. The Hall–Kier alpha value is -3.65. The zero-order valence-electron chi connectivity index (χ0n) is 16.9. The van der Waals surface area contributed by atoms with Crippen molar-refractivity contribution < 1.29 is 13.2 Å². The van der Waals surface area contributed by atoms with Crippen LogP contribution < -0.4 is 0 Å². The van der Waals surface area contributed by atoms with Gasteiger partial charge in [0.05, 0.1) is 5.56 Å². The number of halogens is 3. The minimum atomic E-state index is -0.911. The fraction of sp³-hybridized carbons (Fsp3) is 0.154. The van der Waals surface area contributed by atoms with Gasteiger partial charge in [-0.3, -0.25) is 0 Å². The van der Waals surface area contributed by atoms with Crippen molar-refractivity contribution in [3.8, 4) is 11.8 Å². The molecule has 0 aliphatic heterocycles. The summed E-state index contributed by atoms with van der Waals surface area (Å²) < 4.78 is 41.3.